The number of rotatable bonds is 7. The minimum Gasteiger partial charge on any atom is -0.484 e. The van der Waals surface area contributed by atoms with E-state index >= 15 is 0 Å². The van der Waals surface area contributed by atoms with Gasteiger partial charge >= 0.3 is 0 Å². The number of benzene rings is 1. The van der Waals surface area contributed by atoms with Gasteiger partial charge in [-0.25, -0.2) is 0 Å². The Bertz CT molecular complexity index is 520. The van der Waals surface area contributed by atoms with Gasteiger partial charge in [0.25, 0.3) is 5.91 Å². The molecule has 1 rings (SSSR count). The van der Waals surface area contributed by atoms with Crippen LogP contribution < -0.4 is 15.8 Å². The third-order valence-corrected chi connectivity index (χ3v) is 3.73. The molecule has 1 aromatic carbocycles. The van der Waals surface area contributed by atoms with Crippen molar-refractivity contribution in [1.82, 2.24) is 5.32 Å². The van der Waals surface area contributed by atoms with Crippen LogP contribution in [0.2, 0.25) is 0 Å². The summed E-state index contributed by atoms with van der Waals surface area (Å²) in [6.07, 6.45) is 0. The van der Waals surface area contributed by atoms with Crippen molar-refractivity contribution < 1.29 is 14.3 Å². The van der Waals surface area contributed by atoms with Crippen molar-refractivity contribution in [2.24, 2.45) is 11.7 Å². The summed E-state index contributed by atoms with van der Waals surface area (Å²) in [6, 6.07) is 6.77. The van der Waals surface area contributed by atoms with E-state index in [2.05, 4.69) is 5.32 Å². The normalized spacial score (nSPS) is 13.0. The molecule has 0 bridgehead atoms. The van der Waals surface area contributed by atoms with Gasteiger partial charge in [-0.3, -0.25) is 9.59 Å². The van der Waals surface area contributed by atoms with Gasteiger partial charge in [0.15, 0.2) is 12.4 Å². The van der Waals surface area contributed by atoms with Gasteiger partial charge in [0.2, 0.25) is 0 Å². The van der Waals surface area contributed by atoms with E-state index in [0.717, 1.165) is 0 Å². The quantitative estimate of drug-likeness (QED) is 0.752. The minimum atomic E-state index is -0.457. The lowest BCUT2D eigenvalue weighted by molar-refractivity contribution is -0.125. The standard InChI is InChI=1S/C16H24N2O3.ClH/c1-11(2)16(4,10-17)18-15(20)9-21-14-7-5-6-13(8-14)12(3)19;/h5-8,11H,9-10,17H2,1-4H3,(H,18,20);1H. The number of halogens is 1. The van der Waals surface area contributed by atoms with E-state index in [4.69, 9.17) is 10.5 Å². The van der Waals surface area contributed by atoms with Crippen LogP contribution in [0.5, 0.6) is 5.75 Å². The van der Waals surface area contributed by atoms with Crippen molar-refractivity contribution in [3.63, 3.8) is 0 Å². The molecule has 0 aliphatic heterocycles. The van der Waals surface area contributed by atoms with Crippen molar-refractivity contribution in [2.75, 3.05) is 13.2 Å². The lowest BCUT2D eigenvalue weighted by Gasteiger charge is -2.33. The summed E-state index contributed by atoms with van der Waals surface area (Å²) in [5.74, 6) is 0.439. The number of ether oxygens (including phenoxy) is 1. The van der Waals surface area contributed by atoms with Gasteiger partial charge in [0, 0.05) is 12.1 Å². The fourth-order valence-corrected chi connectivity index (χ4v) is 1.74. The van der Waals surface area contributed by atoms with Crippen molar-refractivity contribution in [3.05, 3.63) is 29.8 Å². The number of carbonyl (C=O) groups excluding carboxylic acids is 2. The van der Waals surface area contributed by atoms with E-state index in [1.165, 1.54) is 6.92 Å². The van der Waals surface area contributed by atoms with Crippen LogP contribution in [-0.2, 0) is 4.79 Å². The van der Waals surface area contributed by atoms with Gasteiger partial charge < -0.3 is 15.8 Å². The number of hydrogen-bond acceptors (Lipinski definition) is 4. The maximum Gasteiger partial charge on any atom is 0.258 e. The largest absolute Gasteiger partial charge is 0.484 e. The third kappa shape index (κ3) is 5.66. The van der Waals surface area contributed by atoms with Crippen LogP contribution in [0.1, 0.15) is 38.1 Å². The summed E-state index contributed by atoms with van der Waals surface area (Å²) in [4.78, 5) is 23.2. The molecule has 0 aromatic heterocycles. The van der Waals surface area contributed by atoms with Crippen molar-refractivity contribution >= 4 is 24.1 Å². The molecule has 0 aliphatic rings. The number of Topliss-reactive ketones (excluding diaryl/α,β-unsaturated/α-hetero) is 1. The maximum absolute atomic E-state index is 12.0. The predicted octanol–water partition coefficient (Wildman–Crippen LogP) is 2.18. The van der Waals surface area contributed by atoms with Crippen LogP contribution in [0.3, 0.4) is 0 Å². The van der Waals surface area contributed by atoms with E-state index in [0.29, 0.717) is 17.9 Å². The highest BCUT2D eigenvalue weighted by atomic mass is 35.5. The zero-order valence-corrected chi connectivity index (χ0v) is 14.3. The summed E-state index contributed by atoms with van der Waals surface area (Å²) in [6.45, 7) is 7.65. The molecule has 0 aliphatic carbocycles. The molecule has 22 heavy (non-hydrogen) atoms. The lowest BCUT2D eigenvalue weighted by atomic mass is 9.88. The predicted molar refractivity (Wildman–Crippen MR) is 89.6 cm³/mol. The molecule has 5 nitrogen and oxygen atoms in total. The molecule has 124 valence electrons. The van der Waals surface area contributed by atoms with Crippen LogP contribution in [0.4, 0.5) is 0 Å². The van der Waals surface area contributed by atoms with Crippen LogP contribution in [-0.4, -0.2) is 30.4 Å². The van der Waals surface area contributed by atoms with Gasteiger partial charge in [-0.15, -0.1) is 12.4 Å². The number of amides is 1. The van der Waals surface area contributed by atoms with Gasteiger partial charge in [-0.05, 0) is 31.9 Å². The Labute approximate surface area is 138 Å². The molecule has 1 unspecified atom stereocenters. The van der Waals surface area contributed by atoms with E-state index in [-0.39, 0.29) is 36.6 Å². The van der Waals surface area contributed by atoms with Crippen LogP contribution in [0.15, 0.2) is 24.3 Å². The number of ketones is 1. The van der Waals surface area contributed by atoms with Crippen LogP contribution >= 0.6 is 12.4 Å². The Morgan fingerprint density at radius 2 is 2.00 bits per heavy atom. The zero-order valence-electron chi connectivity index (χ0n) is 13.5. The molecule has 0 heterocycles. The monoisotopic (exact) mass is 328 g/mol. The fourth-order valence-electron chi connectivity index (χ4n) is 1.74. The molecular formula is C16H25ClN2O3. The number of nitrogens with one attached hydrogen (secondary N) is 1. The second kappa shape index (κ2) is 8.76. The molecule has 1 atom stereocenters. The van der Waals surface area contributed by atoms with Crippen molar-refractivity contribution in [1.29, 1.82) is 0 Å². The molecule has 1 aromatic rings. The second-order valence-corrected chi connectivity index (χ2v) is 5.70. The molecule has 3 N–H and O–H groups in total. The summed E-state index contributed by atoms with van der Waals surface area (Å²) in [5, 5.41) is 2.89. The second-order valence-electron chi connectivity index (χ2n) is 5.70. The van der Waals surface area contributed by atoms with Crippen molar-refractivity contribution in [2.45, 2.75) is 33.2 Å². The number of nitrogens with two attached hydrogens (primary N) is 1. The van der Waals surface area contributed by atoms with Gasteiger partial charge in [-0.1, -0.05) is 26.0 Å². The van der Waals surface area contributed by atoms with Gasteiger partial charge in [0.05, 0.1) is 5.54 Å². The highest BCUT2D eigenvalue weighted by Gasteiger charge is 2.28. The summed E-state index contributed by atoms with van der Waals surface area (Å²) in [7, 11) is 0. The topological polar surface area (TPSA) is 81.4 Å². The third-order valence-electron chi connectivity index (χ3n) is 3.73. The molecule has 0 saturated carbocycles. The Hall–Kier alpha value is -1.59. The molecule has 0 radical (unpaired) electrons. The summed E-state index contributed by atoms with van der Waals surface area (Å²) >= 11 is 0. The van der Waals surface area contributed by atoms with Gasteiger partial charge in [0.1, 0.15) is 5.75 Å². The van der Waals surface area contributed by atoms with E-state index in [1.54, 1.807) is 24.3 Å². The maximum atomic E-state index is 12.0. The minimum absolute atomic E-state index is 0. The first-order valence-electron chi connectivity index (χ1n) is 7.03. The smallest absolute Gasteiger partial charge is 0.258 e. The molecular weight excluding hydrogens is 304 g/mol. The van der Waals surface area contributed by atoms with E-state index in [1.807, 2.05) is 20.8 Å². The van der Waals surface area contributed by atoms with E-state index in [9.17, 15) is 9.59 Å². The Balaban J connectivity index is 0.00000441. The fraction of sp³-hybridized carbons (Fsp3) is 0.500. The summed E-state index contributed by atoms with van der Waals surface area (Å²) in [5.41, 5.74) is 5.82. The van der Waals surface area contributed by atoms with Crippen LogP contribution in [0.25, 0.3) is 0 Å². The first kappa shape index (κ1) is 20.4. The Kier molecular flexibility index (Phi) is 8.12. The average molecular weight is 329 g/mol. The summed E-state index contributed by atoms with van der Waals surface area (Å²) < 4.78 is 5.42. The first-order valence-corrected chi connectivity index (χ1v) is 7.03. The zero-order chi connectivity index (χ0) is 16.0. The average Bonchev–Trinajstić information content (AvgIpc) is 2.45. The Morgan fingerprint density at radius 3 is 2.50 bits per heavy atom. The molecule has 1 amide bonds. The van der Waals surface area contributed by atoms with E-state index < -0.39 is 5.54 Å². The SMILES string of the molecule is CC(=O)c1cccc(OCC(=O)NC(C)(CN)C(C)C)c1.Cl. The molecule has 6 heteroatoms. The molecule has 0 saturated heterocycles. The lowest BCUT2D eigenvalue weighted by Crippen LogP contribution is -2.56. The number of carbonyl (C=O) groups is 2. The Morgan fingerprint density at radius 1 is 1.36 bits per heavy atom. The number of hydrogen-bond donors (Lipinski definition) is 2. The van der Waals surface area contributed by atoms with Crippen LogP contribution in [0, 0.1) is 5.92 Å². The first-order chi connectivity index (χ1) is 9.78. The molecule has 0 fully saturated rings. The molecule has 0 spiro atoms. The van der Waals surface area contributed by atoms with Gasteiger partial charge in [-0.2, -0.15) is 0 Å². The van der Waals surface area contributed by atoms with Crippen molar-refractivity contribution in [3.8, 4) is 5.75 Å². The highest BCUT2D eigenvalue weighted by molar-refractivity contribution is 5.94. The highest BCUT2D eigenvalue weighted by Crippen LogP contribution is 2.16.